The van der Waals surface area contributed by atoms with E-state index < -0.39 is 23.7 Å². The molecule has 0 radical (unpaired) electrons. The Morgan fingerprint density at radius 2 is 1.70 bits per heavy atom. The van der Waals surface area contributed by atoms with Crippen LogP contribution in [0.4, 0.5) is 5.13 Å². The topological polar surface area (TPSA) is 124 Å². The summed E-state index contributed by atoms with van der Waals surface area (Å²) in [6, 6.07) is 10.4. The molecule has 3 aromatic rings. The summed E-state index contributed by atoms with van der Waals surface area (Å²) in [6.07, 6.45) is 3.03. The smallest absolute Gasteiger partial charge is 0.350 e. The minimum absolute atomic E-state index is 0.00140. The van der Waals surface area contributed by atoms with Gasteiger partial charge < -0.3 is 24.1 Å². The number of ketones is 1. The highest BCUT2D eigenvalue weighted by atomic mass is 32.1. The lowest BCUT2D eigenvalue weighted by Gasteiger charge is -2.24. The molecule has 1 N–H and O–H groups in total. The molecule has 2 heterocycles. The van der Waals surface area contributed by atoms with Crippen LogP contribution in [-0.4, -0.2) is 54.2 Å². The van der Waals surface area contributed by atoms with E-state index in [1.165, 1.54) is 11.0 Å². The first-order chi connectivity index (χ1) is 20.7. The number of hydrogen-bond acceptors (Lipinski definition) is 10. The molecule has 1 atom stereocenters. The van der Waals surface area contributed by atoms with Gasteiger partial charge in [0.15, 0.2) is 16.6 Å². The quantitative estimate of drug-likeness (QED) is 0.0849. The highest BCUT2D eigenvalue weighted by Gasteiger charge is 2.48. The number of rotatable bonds is 13. The number of thiazole rings is 1. The molecule has 1 aliphatic rings. The molecule has 1 saturated heterocycles. The molecule has 0 aliphatic carbocycles. The van der Waals surface area contributed by atoms with Crippen molar-refractivity contribution < 1.29 is 38.4 Å². The van der Waals surface area contributed by atoms with Crippen molar-refractivity contribution in [2.45, 2.75) is 26.8 Å². The van der Waals surface area contributed by atoms with Gasteiger partial charge in [0.25, 0.3) is 5.78 Å². The fraction of sp³-hybridized carbons (Fsp3) is 0.250. The fourth-order valence-electron chi connectivity index (χ4n) is 4.48. The Hall–Kier alpha value is -4.90. The summed E-state index contributed by atoms with van der Waals surface area (Å²) >= 11 is 0.910. The van der Waals surface area contributed by atoms with Gasteiger partial charge in [-0.15, -0.1) is 0 Å². The number of esters is 1. The third kappa shape index (κ3) is 6.46. The Labute approximate surface area is 253 Å². The standard InChI is InChI=1S/C32H32N2O8S/c1-6-16-41-23-15-12-21(18-24(23)40-9-4)26-25(27(35)20-10-13-22(14-11-20)39-8-3)28(36)30(37)34(26)32-33-19(5)29(43-32)31(38)42-17-7-2/h6-7,10-15,18,26,35H,1-2,8-9,16-17H2,3-5H3. The van der Waals surface area contributed by atoms with Crippen LogP contribution in [0, 0.1) is 6.92 Å². The minimum Gasteiger partial charge on any atom is -0.507 e. The lowest BCUT2D eigenvalue weighted by Crippen LogP contribution is -2.29. The van der Waals surface area contributed by atoms with Crippen LogP contribution in [0.25, 0.3) is 5.76 Å². The van der Waals surface area contributed by atoms with Gasteiger partial charge in [-0.25, -0.2) is 9.78 Å². The maximum atomic E-state index is 13.6. The van der Waals surface area contributed by atoms with E-state index in [9.17, 15) is 19.5 Å². The van der Waals surface area contributed by atoms with Crippen LogP contribution in [0.1, 0.15) is 46.4 Å². The molecular formula is C32H32N2O8S. The van der Waals surface area contributed by atoms with Gasteiger partial charge in [0, 0.05) is 5.56 Å². The van der Waals surface area contributed by atoms with Crippen molar-refractivity contribution in [1.82, 2.24) is 4.98 Å². The van der Waals surface area contributed by atoms with E-state index in [4.69, 9.17) is 18.9 Å². The Bertz CT molecular complexity index is 1570. The first-order valence-electron chi connectivity index (χ1n) is 13.6. The van der Waals surface area contributed by atoms with Crippen LogP contribution in [0.2, 0.25) is 0 Å². The van der Waals surface area contributed by atoms with Gasteiger partial charge in [0.05, 0.1) is 30.5 Å². The molecule has 1 amide bonds. The summed E-state index contributed by atoms with van der Waals surface area (Å²) in [4.78, 5) is 45.7. The summed E-state index contributed by atoms with van der Waals surface area (Å²) in [5.41, 5.74) is 0.931. The lowest BCUT2D eigenvalue weighted by molar-refractivity contribution is -0.132. The van der Waals surface area contributed by atoms with E-state index in [1.54, 1.807) is 55.5 Å². The molecular weight excluding hydrogens is 572 g/mol. The number of aryl methyl sites for hydroxylation is 1. The zero-order chi connectivity index (χ0) is 31.1. The first-order valence-corrected chi connectivity index (χ1v) is 14.4. The van der Waals surface area contributed by atoms with E-state index in [0.717, 1.165) is 11.3 Å². The largest absolute Gasteiger partial charge is 0.507 e. The maximum absolute atomic E-state index is 13.6. The first kappa shape index (κ1) is 31.0. The average molecular weight is 605 g/mol. The van der Waals surface area contributed by atoms with Crippen molar-refractivity contribution in [2.24, 2.45) is 0 Å². The van der Waals surface area contributed by atoms with Crippen LogP contribution in [0.5, 0.6) is 17.2 Å². The number of Topliss-reactive ketones (excluding diaryl/α,β-unsaturated/α-hetero) is 1. The highest BCUT2D eigenvalue weighted by Crippen LogP contribution is 2.45. The van der Waals surface area contributed by atoms with Crippen LogP contribution in [0.3, 0.4) is 0 Å². The monoisotopic (exact) mass is 604 g/mol. The fourth-order valence-corrected chi connectivity index (χ4v) is 5.47. The summed E-state index contributed by atoms with van der Waals surface area (Å²) in [6.45, 7) is 13.5. The minimum atomic E-state index is -1.11. The van der Waals surface area contributed by atoms with Gasteiger partial charge >= 0.3 is 11.9 Å². The summed E-state index contributed by atoms with van der Waals surface area (Å²) < 4.78 is 22.2. The average Bonchev–Trinajstić information content (AvgIpc) is 3.51. The van der Waals surface area contributed by atoms with Gasteiger partial charge in [0.1, 0.15) is 29.6 Å². The van der Waals surface area contributed by atoms with E-state index in [0.29, 0.717) is 47.3 Å². The van der Waals surface area contributed by atoms with E-state index in [-0.39, 0.29) is 34.6 Å². The second-order valence-corrected chi connectivity index (χ2v) is 10.1. The summed E-state index contributed by atoms with van der Waals surface area (Å²) in [7, 11) is 0. The molecule has 10 nitrogen and oxygen atoms in total. The van der Waals surface area contributed by atoms with Gasteiger partial charge in [-0.3, -0.25) is 14.5 Å². The molecule has 1 unspecified atom stereocenters. The Morgan fingerprint density at radius 3 is 2.35 bits per heavy atom. The third-order valence-electron chi connectivity index (χ3n) is 6.33. The number of benzene rings is 2. The number of amides is 1. The molecule has 4 rings (SSSR count). The molecule has 43 heavy (non-hydrogen) atoms. The van der Waals surface area contributed by atoms with Crippen molar-refractivity contribution in [1.29, 1.82) is 0 Å². The number of anilines is 1. The van der Waals surface area contributed by atoms with Gasteiger partial charge in [-0.1, -0.05) is 42.7 Å². The predicted octanol–water partition coefficient (Wildman–Crippen LogP) is 5.78. The van der Waals surface area contributed by atoms with Crippen molar-refractivity contribution in [2.75, 3.05) is 31.3 Å². The zero-order valence-electron chi connectivity index (χ0n) is 24.1. The number of aliphatic hydroxyl groups excluding tert-OH is 1. The second-order valence-electron chi connectivity index (χ2n) is 9.16. The van der Waals surface area contributed by atoms with E-state index in [2.05, 4.69) is 18.1 Å². The van der Waals surface area contributed by atoms with Gasteiger partial charge in [0.2, 0.25) is 0 Å². The van der Waals surface area contributed by atoms with Crippen LogP contribution < -0.4 is 19.1 Å². The van der Waals surface area contributed by atoms with Crippen molar-refractivity contribution in [3.63, 3.8) is 0 Å². The van der Waals surface area contributed by atoms with Crippen LogP contribution in [-0.2, 0) is 14.3 Å². The SMILES string of the molecule is C=CCOC(=O)c1sc(N2C(=O)C(=O)C(=C(O)c3ccc(OCC)cc3)C2c2ccc(OCC=C)c(OCC)c2)nc1C. The van der Waals surface area contributed by atoms with E-state index >= 15 is 0 Å². The van der Waals surface area contributed by atoms with E-state index in [1.807, 2.05) is 13.8 Å². The number of hydrogen-bond donors (Lipinski definition) is 1. The van der Waals surface area contributed by atoms with Crippen molar-refractivity contribution in [3.05, 3.63) is 95.0 Å². The Morgan fingerprint density at radius 1 is 1.00 bits per heavy atom. The van der Waals surface area contributed by atoms with Gasteiger partial charge in [-0.2, -0.15) is 0 Å². The molecule has 224 valence electrons. The van der Waals surface area contributed by atoms with Crippen LogP contribution in [0.15, 0.2) is 73.3 Å². The normalized spacial score (nSPS) is 15.7. The molecule has 1 aliphatic heterocycles. The molecule has 2 aromatic carbocycles. The summed E-state index contributed by atoms with van der Waals surface area (Å²) in [5.74, 6) is -1.44. The Balaban J connectivity index is 1.90. The zero-order valence-corrected chi connectivity index (χ0v) is 24.9. The predicted molar refractivity (Wildman–Crippen MR) is 163 cm³/mol. The van der Waals surface area contributed by atoms with Crippen LogP contribution >= 0.6 is 11.3 Å². The molecule has 1 aromatic heterocycles. The Kier molecular flexibility index (Phi) is 9.99. The van der Waals surface area contributed by atoms with Crippen molar-refractivity contribution >= 4 is 39.9 Å². The summed E-state index contributed by atoms with van der Waals surface area (Å²) in [5, 5.41) is 11.6. The molecule has 0 bridgehead atoms. The number of aromatic nitrogens is 1. The molecule has 0 spiro atoms. The molecule has 1 fully saturated rings. The number of carbonyl (C=O) groups excluding carboxylic acids is 3. The number of aliphatic hydroxyl groups is 1. The maximum Gasteiger partial charge on any atom is 0.350 e. The van der Waals surface area contributed by atoms with Gasteiger partial charge in [-0.05, 0) is 62.7 Å². The van der Waals surface area contributed by atoms with Crippen molar-refractivity contribution in [3.8, 4) is 17.2 Å². The molecule has 0 saturated carbocycles. The third-order valence-corrected chi connectivity index (χ3v) is 7.47. The number of nitrogens with zero attached hydrogens (tertiary/aromatic N) is 2. The lowest BCUT2D eigenvalue weighted by atomic mass is 9.95. The number of ether oxygens (including phenoxy) is 4. The second kappa shape index (κ2) is 13.8. The highest BCUT2D eigenvalue weighted by molar-refractivity contribution is 7.17. The molecule has 11 heteroatoms. The number of carbonyl (C=O) groups is 3.